The second-order valence-electron chi connectivity index (χ2n) is 3.39. The molecule has 1 aliphatic rings. The molecule has 0 aromatic heterocycles. The van der Waals surface area contributed by atoms with Gasteiger partial charge in [-0.2, -0.15) is 0 Å². The highest BCUT2D eigenvalue weighted by Gasteiger charge is 2.21. The van der Waals surface area contributed by atoms with Crippen molar-refractivity contribution in [1.29, 1.82) is 0 Å². The van der Waals surface area contributed by atoms with Gasteiger partial charge in [-0.1, -0.05) is 0 Å². The summed E-state index contributed by atoms with van der Waals surface area (Å²) >= 11 is 0. The number of hydrogen-bond donors (Lipinski definition) is 1. The van der Waals surface area contributed by atoms with Gasteiger partial charge < -0.3 is 15.0 Å². The van der Waals surface area contributed by atoms with Gasteiger partial charge in [0.1, 0.15) is 0 Å². The lowest BCUT2D eigenvalue weighted by atomic mass is 10.1. The van der Waals surface area contributed by atoms with Crippen LogP contribution in [-0.4, -0.2) is 43.6 Å². The summed E-state index contributed by atoms with van der Waals surface area (Å²) in [7, 11) is 1.37. The van der Waals surface area contributed by atoms with E-state index < -0.39 is 0 Å². The SMILES string of the molecule is COC(=O)N1CCCCC(NC=O)C1. The molecule has 0 saturated carbocycles. The van der Waals surface area contributed by atoms with Crippen LogP contribution in [0.2, 0.25) is 0 Å². The number of carbonyl (C=O) groups excluding carboxylic acids is 2. The summed E-state index contributed by atoms with van der Waals surface area (Å²) in [5.74, 6) is 0. The van der Waals surface area contributed by atoms with Gasteiger partial charge in [-0.25, -0.2) is 4.79 Å². The number of nitrogens with zero attached hydrogens (tertiary/aromatic N) is 1. The highest BCUT2D eigenvalue weighted by molar-refractivity contribution is 5.67. The number of amides is 2. The number of nitrogens with one attached hydrogen (secondary N) is 1. The van der Waals surface area contributed by atoms with E-state index in [1.54, 1.807) is 4.90 Å². The van der Waals surface area contributed by atoms with Gasteiger partial charge in [0.25, 0.3) is 0 Å². The first-order valence-corrected chi connectivity index (χ1v) is 4.80. The summed E-state index contributed by atoms with van der Waals surface area (Å²) < 4.78 is 4.64. The molecule has 1 fully saturated rings. The molecular formula is C9H16N2O3. The molecule has 0 spiro atoms. The minimum Gasteiger partial charge on any atom is -0.453 e. The van der Waals surface area contributed by atoms with Crippen LogP contribution in [0.4, 0.5) is 4.79 Å². The average molecular weight is 200 g/mol. The zero-order valence-corrected chi connectivity index (χ0v) is 8.36. The van der Waals surface area contributed by atoms with Crippen molar-refractivity contribution in [3.63, 3.8) is 0 Å². The molecule has 14 heavy (non-hydrogen) atoms. The highest BCUT2D eigenvalue weighted by atomic mass is 16.5. The van der Waals surface area contributed by atoms with Gasteiger partial charge in [0.15, 0.2) is 0 Å². The van der Waals surface area contributed by atoms with E-state index in [0.29, 0.717) is 19.5 Å². The predicted octanol–water partition coefficient (Wildman–Crippen LogP) is 0.353. The Labute approximate surface area is 83.4 Å². The van der Waals surface area contributed by atoms with Crippen molar-refractivity contribution < 1.29 is 14.3 Å². The number of rotatable bonds is 2. The van der Waals surface area contributed by atoms with Crippen LogP contribution in [-0.2, 0) is 9.53 Å². The largest absolute Gasteiger partial charge is 0.453 e. The van der Waals surface area contributed by atoms with E-state index in [-0.39, 0.29) is 12.1 Å². The van der Waals surface area contributed by atoms with Crippen molar-refractivity contribution in [1.82, 2.24) is 10.2 Å². The van der Waals surface area contributed by atoms with Gasteiger partial charge in [-0.3, -0.25) is 4.79 Å². The topological polar surface area (TPSA) is 58.6 Å². The van der Waals surface area contributed by atoms with Gasteiger partial charge in [0.05, 0.1) is 7.11 Å². The molecule has 1 rings (SSSR count). The molecule has 1 atom stereocenters. The van der Waals surface area contributed by atoms with Crippen LogP contribution in [0.3, 0.4) is 0 Å². The van der Waals surface area contributed by atoms with Crippen molar-refractivity contribution in [3.8, 4) is 0 Å². The van der Waals surface area contributed by atoms with Crippen LogP contribution >= 0.6 is 0 Å². The van der Waals surface area contributed by atoms with Crippen LogP contribution in [0.5, 0.6) is 0 Å². The van der Waals surface area contributed by atoms with E-state index >= 15 is 0 Å². The van der Waals surface area contributed by atoms with E-state index in [4.69, 9.17) is 0 Å². The lowest BCUT2D eigenvalue weighted by molar-refractivity contribution is -0.110. The molecule has 1 N–H and O–H groups in total. The molecule has 5 nitrogen and oxygen atoms in total. The summed E-state index contributed by atoms with van der Waals surface area (Å²) in [5.41, 5.74) is 0. The second-order valence-corrected chi connectivity index (χ2v) is 3.39. The fourth-order valence-electron chi connectivity index (χ4n) is 1.67. The van der Waals surface area contributed by atoms with Crippen molar-refractivity contribution in [2.24, 2.45) is 0 Å². The quantitative estimate of drug-likeness (QED) is 0.654. The van der Waals surface area contributed by atoms with Crippen molar-refractivity contribution in [3.05, 3.63) is 0 Å². The van der Waals surface area contributed by atoms with Gasteiger partial charge in [0, 0.05) is 19.1 Å². The first-order chi connectivity index (χ1) is 6.77. The monoisotopic (exact) mass is 200 g/mol. The predicted molar refractivity (Wildman–Crippen MR) is 50.8 cm³/mol. The summed E-state index contributed by atoms with van der Waals surface area (Å²) in [6, 6.07) is 0.0640. The molecule has 0 bridgehead atoms. The van der Waals surface area contributed by atoms with E-state index in [1.165, 1.54) is 7.11 Å². The van der Waals surface area contributed by atoms with Gasteiger partial charge in [-0.05, 0) is 19.3 Å². The lowest BCUT2D eigenvalue weighted by Gasteiger charge is -2.22. The van der Waals surface area contributed by atoms with Crippen LogP contribution in [0.15, 0.2) is 0 Å². The molecule has 0 aromatic carbocycles. The lowest BCUT2D eigenvalue weighted by Crippen LogP contribution is -2.41. The molecule has 2 amide bonds. The molecule has 1 saturated heterocycles. The standard InChI is InChI=1S/C9H16N2O3/c1-14-9(13)11-5-3-2-4-8(6-11)10-7-12/h7-8H,2-6H2,1H3,(H,10,12). The van der Waals surface area contributed by atoms with Crippen molar-refractivity contribution >= 4 is 12.5 Å². The Balaban J connectivity index is 2.50. The zero-order chi connectivity index (χ0) is 10.4. The third kappa shape index (κ3) is 2.90. The molecule has 1 heterocycles. The number of likely N-dealkylation sites (tertiary alicyclic amines) is 1. The Morgan fingerprint density at radius 3 is 3.00 bits per heavy atom. The highest BCUT2D eigenvalue weighted by Crippen LogP contribution is 2.11. The normalized spacial score (nSPS) is 22.4. The van der Waals surface area contributed by atoms with E-state index in [0.717, 1.165) is 19.3 Å². The van der Waals surface area contributed by atoms with E-state index in [9.17, 15) is 9.59 Å². The minimum absolute atomic E-state index is 0.0640. The summed E-state index contributed by atoms with van der Waals surface area (Å²) in [6.45, 7) is 1.26. The Kier molecular flexibility index (Phi) is 4.22. The number of carbonyl (C=O) groups is 2. The first kappa shape index (κ1) is 10.8. The maximum absolute atomic E-state index is 11.3. The average Bonchev–Trinajstić information content (AvgIpc) is 2.43. The molecule has 0 aliphatic carbocycles. The molecule has 1 unspecified atom stereocenters. The number of methoxy groups -OCH3 is 1. The Hall–Kier alpha value is -1.26. The third-order valence-electron chi connectivity index (χ3n) is 2.41. The molecule has 0 radical (unpaired) electrons. The van der Waals surface area contributed by atoms with Crippen molar-refractivity contribution in [2.75, 3.05) is 20.2 Å². The summed E-state index contributed by atoms with van der Waals surface area (Å²) in [4.78, 5) is 23.2. The maximum atomic E-state index is 11.3. The third-order valence-corrected chi connectivity index (χ3v) is 2.41. The molecule has 1 aliphatic heterocycles. The fraction of sp³-hybridized carbons (Fsp3) is 0.778. The van der Waals surface area contributed by atoms with Crippen molar-refractivity contribution in [2.45, 2.75) is 25.3 Å². The second kappa shape index (κ2) is 5.47. The number of ether oxygens (including phenoxy) is 1. The summed E-state index contributed by atoms with van der Waals surface area (Å²) in [5, 5.41) is 2.70. The summed E-state index contributed by atoms with van der Waals surface area (Å²) in [6.07, 6.45) is 3.28. The van der Waals surface area contributed by atoms with Crippen LogP contribution in [0.25, 0.3) is 0 Å². The van der Waals surface area contributed by atoms with Crippen LogP contribution in [0, 0.1) is 0 Å². The Morgan fingerprint density at radius 1 is 1.57 bits per heavy atom. The molecular weight excluding hydrogens is 184 g/mol. The first-order valence-electron chi connectivity index (χ1n) is 4.80. The zero-order valence-electron chi connectivity index (χ0n) is 8.36. The molecule has 80 valence electrons. The number of hydrogen-bond acceptors (Lipinski definition) is 3. The van der Waals surface area contributed by atoms with Gasteiger partial charge >= 0.3 is 6.09 Å². The Morgan fingerprint density at radius 2 is 2.36 bits per heavy atom. The van der Waals surface area contributed by atoms with Crippen LogP contribution in [0.1, 0.15) is 19.3 Å². The fourth-order valence-corrected chi connectivity index (χ4v) is 1.67. The molecule has 0 aromatic rings. The van der Waals surface area contributed by atoms with Gasteiger partial charge in [-0.15, -0.1) is 0 Å². The van der Waals surface area contributed by atoms with E-state index in [2.05, 4.69) is 10.1 Å². The smallest absolute Gasteiger partial charge is 0.409 e. The van der Waals surface area contributed by atoms with Gasteiger partial charge in [0.2, 0.25) is 6.41 Å². The van der Waals surface area contributed by atoms with E-state index in [1.807, 2.05) is 0 Å². The maximum Gasteiger partial charge on any atom is 0.409 e. The van der Waals surface area contributed by atoms with Crippen LogP contribution < -0.4 is 5.32 Å². The minimum atomic E-state index is -0.315. The Bertz CT molecular complexity index is 208. The molecule has 5 heteroatoms.